The van der Waals surface area contributed by atoms with Crippen LogP contribution in [0.4, 0.5) is 5.88 Å². The second-order valence-corrected chi connectivity index (χ2v) is 2.55. The summed E-state index contributed by atoms with van der Waals surface area (Å²) in [5.41, 5.74) is 0.645. The number of alkyl halides is 1. The van der Waals surface area contributed by atoms with Gasteiger partial charge >= 0.3 is 5.88 Å². The zero-order valence-electron chi connectivity index (χ0n) is 6.80. The Morgan fingerprint density at radius 2 is 2.50 bits per heavy atom. The van der Waals surface area contributed by atoms with Crippen molar-refractivity contribution >= 4 is 23.4 Å². The van der Waals surface area contributed by atoms with Gasteiger partial charge in [0, 0.05) is 6.92 Å². The van der Waals surface area contributed by atoms with Gasteiger partial charge in [0.2, 0.25) is 11.2 Å². The summed E-state index contributed by atoms with van der Waals surface area (Å²) in [6.07, 6.45) is 0. The van der Waals surface area contributed by atoms with Crippen molar-refractivity contribution in [2.75, 3.05) is 5.32 Å². The molecule has 0 radical (unpaired) electrons. The maximum Gasteiger partial charge on any atom is 0.306 e. The smallest absolute Gasteiger partial charge is 0.289 e. The van der Waals surface area contributed by atoms with E-state index in [-0.39, 0.29) is 11.8 Å². The zero-order valence-corrected chi connectivity index (χ0v) is 7.55. The molecule has 1 rings (SSSR count). The molecule has 0 unspecified atom stereocenters. The first-order valence-corrected chi connectivity index (χ1v) is 3.87. The number of carbonyl (C=O) groups excluding carboxylic acids is 1. The second-order valence-electron chi connectivity index (χ2n) is 2.29. The quantitative estimate of drug-likeness (QED) is 0.535. The van der Waals surface area contributed by atoms with E-state index < -0.39 is 0 Å². The van der Waals surface area contributed by atoms with Gasteiger partial charge in [0.1, 0.15) is 5.88 Å². The molecule has 0 saturated heterocycles. The molecule has 5 nitrogen and oxygen atoms in total. The van der Waals surface area contributed by atoms with Crippen LogP contribution in [0.2, 0.25) is 0 Å². The molecule has 0 fully saturated rings. The molecule has 0 aromatic carbocycles. The zero-order chi connectivity index (χ0) is 9.14. The van der Waals surface area contributed by atoms with Crippen LogP contribution in [-0.2, 0) is 17.7 Å². The maximum absolute atomic E-state index is 10.6. The van der Waals surface area contributed by atoms with Crippen molar-refractivity contribution in [1.29, 1.82) is 0 Å². The number of rotatable bonds is 2. The lowest BCUT2D eigenvalue weighted by Crippen LogP contribution is -2.33. The number of nitrogens with zero attached hydrogens (tertiary/aromatic N) is 2. The van der Waals surface area contributed by atoms with Crippen LogP contribution in [0.25, 0.3) is 0 Å². The minimum absolute atomic E-state index is 0.210. The van der Waals surface area contributed by atoms with Gasteiger partial charge in [-0.3, -0.25) is 14.6 Å². The summed E-state index contributed by atoms with van der Waals surface area (Å²) in [5.74, 6) is 0.341. The molecule has 0 spiro atoms. The number of hydrogen-bond acceptors (Lipinski definition) is 3. The molecular weight excluding hydrogens is 182 g/mol. The van der Waals surface area contributed by atoms with Crippen LogP contribution in [0.15, 0.2) is 4.52 Å². The van der Waals surface area contributed by atoms with Gasteiger partial charge in [-0.2, -0.15) is 0 Å². The predicted octanol–water partition coefficient (Wildman–Crippen LogP) is 0.196. The Bertz CT molecular complexity index is 297. The Kier molecular flexibility index (Phi) is 2.65. The lowest BCUT2D eigenvalue weighted by atomic mass is 10.5. The SMILES string of the molecule is CC(=O)Nc1on[n+](C)c1CCl. The Morgan fingerprint density at radius 1 is 1.83 bits per heavy atom. The van der Waals surface area contributed by atoms with Crippen molar-refractivity contribution in [2.24, 2.45) is 7.05 Å². The van der Waals surface area contributed by atoms with E-state index in [1.54, 1.807) is 7.05 Å². The van der Waals surface area contributed by atoms with Gasteiger partial charge in [-0.25, -0.2) is 0 Å². The lowest BCUT2D eigenvalue weighted by Gasteiger charge is -1.91. The number of aryl methyl sites for hydroxylation is 1. The predicted molar refractivity (Wildman–Crippen MR) is 41.5 cm³/mol. The molecule has 1 aromatic heterocycles. The van der Waals surface area contributed by atoms with Gasteiger partial charge < -0.3 is 0 Å². The number of aromatic nitrogens is 2. The van der Waals surface area contributed by atoms with Gasteiger partial charge in [0.05, 0.1) is 0 Å². The molecule has 0 saturated carbocycles. The fraction of sp³-hybridized carbons (Fsp3) is 0.500. The Hall–Kier alpha value is -1.10. The molecule has 1 heterocycles. The third-order valence-electron chi connectivity index (χ3n) is 1.32. The fourth-order valence-corrected chi connectivity index (χ4v) is 1.05. The first kappa shape index (κ1) is 8.99. The Balaban J connectivity index is 2.91. The monoisotopic (exact) mass is 190 g/mol. The summed E-state index contributed by atoms with van der Waals surface area (Å²) in [4.78, 5) is 10.6. The lowest BCUT2D eigenvalue weighted by molar-refractivity contribution is -0.745. The Morgan fingerprint density at radius 3 is 3.00 bits per heavy atom. The highest BCUT2D eigenvalue weighted by atomic mass is 35.5. The third kappa shape index (κ3) is 1.73. The molecule has 6 heteroatoms. The van der Waals surface area contributed by atoms with Crippen LogP contribution in [-0.4, -0.2) is 11.2 Å². The number of amides is 1. The van der Waals surface area contributed by atoms with Gasteiger partial charge in [-0.15, -0.1) is 11.6 Å². The average molecular weight is 191 g/mol. The third-order valence-corrected chi connectivity index (χ3v) is 1.58. The number of carbonyl (C=O) groups is 1. The molecule has 0 atom stereocenters. The van der Waals surface area contributed by atoms with Gasteiger partial charge in [0.25, 0.3) is 5.69 Å². The first-order chi connectivity index (χ1) is 5.65. The normalized spacial score (nSPS) is 9.92. The molecule has 1 N–H and O–H groups in total. The number of halogens is 1. The summed E-state index contributed by atoms with van der Waals surface area (Å²) in [6, 6.07) is 0. The van der Waals surface area contributed by atoms with E-state index in [0.29, 0.717) is 11.6 Å². The summed E-state index contributed by atoms with van der Waals surface area (Å²) >= 11 is 5.59. The van der Waals surface area contributed by atoms with Crippen LogP contribution in [0, 0.1) is 0 Å². The molecule has 66 valence electrons. The van der Waals surface area contributed by atoms with Crippen LogP contribution in [0.3, 0.4) is 0 Å². The van der Waals surface area contributed by atoms with E-state index in [9.17, 15) is 4.79 Å². The van der Waals surface area contributed by atoms with E-state index in [0.717, 1.165) is 0 Å². The van der Waals surface area contributed by atoms with Crippen molar-refractivity contribution in [1.82, 2.24) is 5.27 Å². The van der Waals surface area contributed by atoms with Gasteiger partial charge in [0.15, 0.2) is 7.05 Å². The molecule has 0 bridgehead atoms. The highest BCUT2D eigenvalue weighted by Crippen LogP contribution is 2.11. The van der Waals surface area contributed by atoms with Crippen LogP contribution in [0.5, 0.6) is 0 Å². The van der Waals surface area contributed by atoms with Crippen molar-refractivity contribution < 1.29 is 14.0 Å². The number of anilines is 1. The average Bonchev–Trinajstić information content (AvgIpc) is 2.30. The standard InChI is InChI=1S/C6H8ClN3O2/c1-4(11)8-6-5(3-7)10(2)9-12-6/h3H2,1-2H3/p+1. The van der Waals surface area contributed by atoms with Crippen LogP contribution >= 0.6 is 11.6 Å². The molecule has 1 amide bonds. The fourth-order valence-electron chi connectivity index (χ4n) is 0.753. The maximum atomic E-state index is 10.6. The minimum Gasteiger partial charge on any atom is -0.289 e. The van der Waals surface area contributed by atoms with Crippen molar-refractivity contribution in [2.45, 2.75) is 12.8 Å². The van der Waals surface area contributed by atoms with Crippen LogP contribution < -0.4 is 10.00 Å². The highest BCUT2D eigenvalue weighted by Gasteiger charge is 2.20. The van der Waals surface area contributed by atoms with E-state index in [2.05, 4.69) is 10.6 Å². The topological polar surface area (TPSA) is 59.0 Å². The van der Waals surface area contributed by atoms with E-state index in [4.69, 9.17) is 16.1 Å². The second kappa shape index (κ2) is 3.53. The molecule has 1 aromatic rings. The first-order valence-electron chi connectivity index (χ1n) is 3.33. The highest BCUT2D eigenvalue weighted by molar-refractivity contribution is 6.17. The molecular formula is C6H9ClN3O2+. The summed E-state index contributed by atoms with van der Waals surface area (Å²) in [7, 11) is 1.69. The molecule has 0 aliphatic rings. The van der Waals surface area contributed by atoms with E-state index in [1.807, 2.05) is 0 Å². The van der Waals surface area contributed by atoms with E-state index in [1.165, 1.54) is 11.6 Å². The van der Waals surface area contributed by atoms with Gasteiger partial charge in [-0.1, -0.05) is 0 Å². The Labute approximate surface area is 74.3 Å². The summed E-state index contributed by atoms with van der Waals surface area (Å²) < 4.78 is 6.26. The van der Waals surface area contributed by atoms with Crippen LogP contribution in [0.1, 0.15) is 12.6 Å². The molecule has 12 heavy (non-hydrogen) atoms. The van der Waals surface area contributed by atoms with Crippen molar-refractivity contribution in [3.63, 3.8) is 0 Å². The number of nitrogens with one attached hydrogen (secondary N) is 1. The molecule has 0 aliphatic carbocycles. The molecule has 0 aliphatic heterocycles. The van der Waals surface area contributed by atoms with Crippen molar-refractivity contribution in [3.05, 3.63) is 5.69 Å². The van der Waals surface area contributed by atoms with Gasteiger partial charge in [-0.05, 0) is 4.68 Å². The number of hydrogen-bond donors (Lipinski definition) is 1. The summed E-state index contributed by atoms with van der Waals surface area (Å²) in [5, 5.41) is 6.05. The largest absolute Gasteiger partial charge is 0.306 e. The van der Waals surface area contributed by atoms with E-state index >= 15 is 0 Å². The summed E-state index contributed by atoms with van der Waals surface area (Å²) in [6.45, 7) is 1.39. The minimum atomic E-state index is -0.210. The van der Waals surface area contributed by atoms with Crippen molar-refractivity contribution in [3.8, 4) is 0 Å².